The summed E-state index contributed by atoms with van der Waals surface area (Å²) in [6.07, 6.45) is 10.3. The normalized spacial score (nSPS) is 24.7. The third-order valence-electron chi connectivity index (χ3n) is 8.58. The van der Waals surface area contributed by atoms with Crippen molar-refractivity contribution in [3.8, 4) is 5.69 Å². The summed E-state index contributed by atoms with van der Waals surface area (Å²) in [5, 5.41) is 19.7. The highest BCUT2D eigenvalue weighted by molar-refractivity contribution is 5.79. The zero-order chi connectivity index (χ0) is 24.9. The molecule has 6 rings (SSSR count). The molecular formula is C30H32FN3O2. The van der Waals surface area contributed by atoms with E-state index in [9.17, 15) is 14.3 Å². The van der Waals surface area contributed by atoms with E-state index < -0.39 is 5.60 Å². The van der Waals surface area contributed by atoms with Crippen molar-refractivity contribution in [2.45, 2.75) is 69.9 Å². The molecule has 3 aliphatic carbocycles. The van der Waals surface area contributed by atoms with E-state index in [4.69, 9.17) is 0 Å². The molecule has 1 aromatic heterocycles. The van der Waals surface area contributed by atoms with Crippen molar-refractivity contribution >= 4 is 12.0 Å². The van der Waals surface area contributed by atoms with Gasteiger partial charge in [-0.2, -0.15) is 5.10 Å². The molecule has 6 heteroatoms. The van der Waals surface area contributed by atoms with Gasteiger partial charge in [0, 0.05) is 11.5 Å². The fraction of sp³-hybridized carbons (Fsp3) is 0.400. The quantitative estimate of drug-likeness (QED) is 0.498. The van der Waals surface area contributed by atoms with Gasteiger partial charge >= 0.3 is 0 Å². The molecule has 1 heterocycles. The molecule has 186 valence electrons. The highest BCUT2D eigenvalue weighted by Crippen LogP contribution is 2.56. The van der Waals surface area contributed by atoms with E-state index >= 15 is 0 Å². The molecule has 2 saturated carbocycles. The number of aromatic nitrogens is 2. The van der Waals surface area contributed by atoms with Crippen molar-refractivity contribution in [1.82, 2.24) is 15.1 Å². The highest BCUT2D eigenvalue weighted by atomic mass is 19.1. The molecule has 2 N–H and O–H groups in total. The summed E-state index contributed by atoms with van der Waals surface area (Å²) in [6.45, 7) is 2.18. The van der Waals surface area contributed by atoms with Gasteiger partial charge in [0.2, 0.25) is 5.91 Å². The Bertz CT molecular complexity index is 1340. The molecule has 2 fully saturated rings. The minimum atomic E-state index is -0.835. The Morgan fingerprint density at radius 2 is 1.92 bits per heavy atom. The number of hydrogen-bond acceptors (Lipinski definition) is 3. The number of hydrogen-bond donors (Lipinski definition) is 2. The number of amides is 1. The largest absolute Gasteiger partial charge is 0.389 e. The van der Waals surface area contributed by atoms with Crippen LogP contribution in [0.15, 0.2) is 60.3 Å². The van der Waals surface area contributed by atoms with Gasteiger partial charge in [-0.15, -0.1) is 0 Å². The van der Waals surface area contributed by atoms with Crippen LogP contribution in [0.3, 0.4) is 0 Å². The Labute approximate surface area is 211 Å². The summed E-state index contributed by atoms with van der Waals surface area (Å²) < 4.78 is 15.3. The zero-order valence-corrected chi connectivity index (χ0v) is 20.6. The van der Waals surface area contributed by atoms with Gasteiger partial charge in [0.05, 0.1) is 29.6 Å². The monoisotopic (exact) mass is 485 g/mol. The van der Waals surface area contributed by atoms with Crippen molar-refractivity contribution < 1.29 is 14.3 Å². The van der Waals surface area contributed by atoms with E-state index in [1.165, 1.54) is 17.7 Å². The number of aryl methyl sites for hydroxylation is 1. The summed E-state index contributed by atoms with van der Waals surface area (Å²) in [6, 6.07) is 14.9. The van der Waals surface area contributed by atoms with Gasteiger partial charge in [0.25, 0.3) is 0 Å². The number of rotatable bonds is 7. The van der Waals surface area contributed by atoms with Crippen LogP contribution < -0.4 is 5.32 Å². The van der Waals surface area contributed by atoms with Crippen LogP contribution >= 0.6 is 0 Å². The molecule has 3 aromatic rings. The van der Waals surface area contributed by atoms with Gasteiger partial charge in [0.1, 0.15) is 5.82 Å². The van der Waals surface area contributed by atoms with Crippen LogP contribution in [0.2, 0.25) is 0 Å². The maximum Gasteiger partial charge on any atom is 0.224 e. The topological polar surface area (TPSA) is 67.1 Å². The molecular weight excluding hydrogens is 453 g/mol. The Kier molecular flexibility index (Phi) is 5.60. The van der Waals surface area contributed by atoms with Gasteiger partial charge in [-0.1, -0.05) is 36.8 Å². The molecule has 36 heavy (non-hydrogen) atoms. The van der Waals surface area contributed by atoms with Crippen LogP contribution in [-0.2, 0) is 24.1 Å². The summed E-state index contributed by atoms with van der Waals surface area (Å²) in [7, 11) is 0. The molecule has 5 nitrogen and oxygen atoms in total. The fourth-order valence-electron chi connectivity index (χ4n) is 6.11. The van der Waals surface area contributed by atoms with Crippen molar-refractivity contribution in [2.24, 2.45) is 5.41 Å². The first-order chi connectivity index (χ1) is 17.3. The van der Waals surface area contributed by atoms with Gasteiger partial charge in [0.15, 0.2) is 0 Å². The van der Waals surface area contributed by atoms with Crippen molar-refractivity contribution in [3.63, 3.8) is 0 Å². The first kappa shape index (κ1) is 23.2. The van der Waals surface area contributed by atoms with Crippen molar-refractivity contribution in [3.05, 3.63) is 88.5 Å². The van der Waals surface area contributed by atoms with Gasteiger partial charge < -0.3 is 10.4 Å². The van der Waals surface area contributed by atoms with Crippen LogP contribution in [0.4, 0.5) is 4.39 Å². The minimum absolute atomic E-state index is 0.0830. The second-order valence-corrected chi connectivity index (χ2v) is 10.9. The minimum Gasteiger partial charge on any atom is -0.389 e. The maximum absolute atomic E-state index is 13.4. The van der Waals surface area contributed by atoms with E-state index in [2.05, 4.69) is 29.5 Å². The van der Waals surface area contributed by atoms with Crippen LogP contribution in [0.1, 0.15) is 61.4 Å². The zero-order valence-electron chi connectivity index (χ0n) is 20.6. The lowest BCUT2D eigenvalue weighted by Crippen LogP contribution is -2.45. The number of carbonyl (C=O) groups is 1. The second-order valence-electron chi connectivity index (χ2n) is 10.9. The van der Waals surface area contributed by atoms with Crippen molar-refractivity contribution in [1.29, 1.82) is 0 Å². The molecule has 0 saturated heterocycles. The molecule has 3 aliphatic rings. The lowest BCUT2D eigenvalue weighted by molar-refractivity contribution is -0.120. The first-order valence-corrected chi connectivity index (χ1v) is 13.0. The van der Waals surface area contributed by atoms with E-state index in [-0.39, 0.29) is 17.1 Å². The van der Waals surface area contributed by atoms with Crippen LogP contribution in [-0.4, -0.2) is 32.4 Å². The third kappa shape index (κ3) is 4.07. The number of nitrogens with zero attached hydrogens (tertiary/aromatic N) is 2. The Morgan fingerprint density at radius 1 is 1.17 bits per heavy atom. The van der Waals surface area contributed by atoms with E-state index in [1.54, 1.807) is 12.1 Å². The number of halogens is 1. The average Bonchev–Trinajstić information content (AvgIpc) is 3.52. The standard InChI is InChI=1S/C30H32FN3O2/c1-29-18-22-19-32-34(26-10-6-24(31)7-11-26)27(22)17-23(29)13-15-30(29,36)14-12-20-4-2-3-5-21(20)16-28(35)33-25-8-9-25/h2-7,10-11,17,19,25,36H,8-9,12-16,18H2,1H3,(H,33,35)/t29-,30-/m0/s1. The summed E-state index contributed by atoms with van der Waals surface area (Å²) >= 11 is 0. The summed E-state index contributed by atoms with van der Waals surface area (Å²) in [4.78, 5) is 12.4. The predicted molar refractivity (Wildman–Crippen MR) is 137 cm³/mol. The Morgan fingerprint density at radius 3 is 2.67 bits per heavy atom. The van der Waals surface area contributed by atoms with E-state index in [0.717, 1.165) is 60.2 Å². The molecule has 0 unspecified atom stereocenters. The third-order valence-corrected chi connectivity index (χ3v) is 8.58. The molecule has 0 aliphatic heterocycles. The highest BCUT2D eigenvalue weighted by Gasteiger charge is 2.54. The second kappa shape index (κ2) is 8.70. The van der Waals surface area contributed by atoms with E-state index in [0.29, 0.717) is 25.3 Å². The molecule has 0 bridgehead atoms. The Hall–Kier alpha value is -3.25. The SMILES string of the molecule is C[C@]12Cc3cnn(-c4ccc(F)cc4)c3C=C1CC[C@@]2(O)CCc1ccccc1CC(=O)NC1CC1. The Balaban J connectivity index is 1.21. The number of fused-ring (bicyclic) bond motifs is 2. The molecule has 2 aromatic carbocycles. The number of aliphatic hydroxyl groups is 1. The fourth-order valence-corrected chi connectivity index (χ4v) is 6.11. The smallest absolute Gasteiger partial charge is 0.224 e. The number of carbonyl (C=O) groups excluding carboxylic acids is 1. The average molecular weight is 486 g/mol. The lowest BCUT2D eigenvalue weighted by atomic mass is 9.65. The van der Waals surface area contributed by atoms with Gasteiger partial charge in [-0.05, 0) is 92.0 Å². The van der Waals surface area contributed by atoms with Crippen LogP contribution in [0.5, 0.6) is 0 Å². The van der Waals surface area contributed by atoms with E-state index in [1.807, 2.05) is 29.1 Å². The van der Waals surface area contributed by atoms with Crippen LogP contribution in [0, 0.1) is 11.2 Å². The first-order valence-electron chi connectivity index (χ1n) is 13.0. The number of benzene rings is 2. The maximum atomic E-state index is 13.4. The predicted octanol–water partition coefficient (Wildman–Crippen LogP) is 4.94. The van der Waals surface area contributed by atoms with Crippen molar-refractivity contribution in [2.75, 3.05) is 0 Å². The molecule has 0 radical (unpaired) electrons. The van der Waals surface area contributed by atoms with Gasteiger partial charge in [-0.25, -0.2) is 9.07 Å². The summed E-state index contributed by atoms with van der Waals surface area (Å²) in [5.41, 5.74) is 5.18. The number of nitrogens with one attached hydrogen (secondary N) is 1. The summed E-state index contributed by atoms with van der Waals surface area (Å²) in [5.74, 6) is -0.184. The van der Waals surface area contributed by atoms with Crippen LogP contribution in [0.25, 0.3) is 11.8 Å². The molecule has 0 spiro atoms. The van der Waals surface area contributed by atoms with Gasteiger partial charge in [-0.3, -0.25) is 4.79 Å². The lowest BCUT2D eigenvalue weighted by Gasteiger charge is -2.42. The molecule has 2 atom stereocenters. The molecule has 1 amide bonds.